The second kappa shape index (κ2) is 53.2. The second-order valence-electron chi connectivity index (χ2n) is 22.8. The van der Waals surface area contributed by atoms with Crippen LogP contribution in [0.4, 0.5) is 0 Å². The van der Waals surface area contributed by atoms with Crippen LogP contribution < -0.4 is 5.32 Å². The Kier molecular flexibility index (Phi) is 50.8. The maximum absolute atomic E-state index is 13.2. The molecule has 1 rings (SSSR count). The molecule has 1 fully saturated rings. The van der Waals surface area contributed by atoms with Gasteiger partial charge in [0.2, 0.25) is 5.91 Å². The molecule has 0 radical (unpaired) electrons. The standard InChI is InChI=1S/C64H123NO10/c1-3-5-7-9-11-13-15-17-19-21-23-25-27-28-30-32-34-36-38-40-42-44-46-48-50-52-57(68)63(73)65-55(54-74-64-62(72)61(71)60(70)58(53-66)75-64)59(69)56(67)51-49-47-45-43-41-39-37-35-33-31-29-26-24-22-20-18-16-14-12-10-8-6-4-2/h35,37,43,45,55-62,64,66-72H,3-34,36,38-42,44,46-54H2,1-2H3,(H,65,73)/b37-35+,45-43+. The average Bonchev–Trinajstić information content (AvgIpc) is 3.41. The first-order valence-corrected chi connectivity index (χ1v) is 32.2. The summed E-state index contributed by atoms with van der Waals surface area (Å²) in [4.78, 5) is 13.2. The highest BCUT2D eigenvalue weighted by Crippen LogP contribution is 2.24. The third kappa shape index (κ3) is 41.3. The van der Waals surface area contributed by atoms with E-state index in [1.165, 1.54) is 225 Å². The van der Waals surface area contributed by atoms with Crippen molar-refractivity contribution in [2.24, 2.45) is 0 Å². The number of aliphatic hydroxyl groups is 7. The van der Waals surface area contributed by atoms with Gasteiger partial charge in [-0.3, -0.25) is 4.79 Å². The van der Waals surface area contributed by atoms with Crippen molar-refractivity contribution in [3.8, 4) is 0 Å². The van der Waals surface area contributed by atoms with E-state index in [4.69, 9.17) is 9.47 Å². The lowest BCUT2D eigenvalue weighted by Gasteiger charge is -2.40. The Morgan fingerprint density at radius 3 is 1.19 bits per heavy atom. The third-order valence-electron chi connectivity index (χ3n) is 15.7. The average molecular weight is 1070 g/mol. The molecule has 1 amide bonds. The predicted molar refractivity (Wildman–Crippen MR) is 312 cm³/mol. The number of rotatable bonds is 56. The van der Waals surface area contributed by atoms with Gasteiger partial charge < -0.3 is 50.5 Å². The first-order chi connectivity index (χ1) is 36.7. The molecule has 11 heteroatoms. The number of hydrogen-bond acceptors (Lipinski definition) is 10. The molecule has 8 N–H and O–H groups in total. The van der Waals surface area contributed by atoms with Gasteiger partial charge in [-0.15, -0.1) is 0 Å². The predicted octanol–water partition coefficient (Wildman–Crippen LogP) is 14.5. The number of aliphatic hydroxyl groups excluding tert-OH is 7. The molecule has 75 heavy (non-hydrogen) atoms. The minimum absolute atomic E-state index is 0.249. The monoisotopic (exact) mass is 1070 g/mol. The third-order valence-corrected chi connectivity index (χ3v) is 15.7. The summed E-state index contributed by atoms with van der Waals surface area (Å²) >= 11 is 0. The van der Waals surface area contributed by atoms with Crippen LogP contribution in [-0.2, 0) is 14.3 Å². The Labute approximate surface area is 461 Å². The molecule has 0 aliphatic carbocycles. The van der Waals surface area contributed by atoms with Gasteiger partial charge in [-0.25, -0.2) is 0 Å². The topological polar surface area (TPSA) is 189 Å². The van der Waals surface area contributed by atoms with E-state index in [1.807, 2.05) is 0 Å². The van der Waals surface area contributed by atoms with Crippen LogP contribution in [0.1, 0.15) is 309 Å². The van der Waals surface area contributed by atoms with Gasteiger partial charge in [-0.05, 0) is 51.4 Å². The van der Waals surface area contributed by atoms with E-state index in [-0.39, 0.29) is 12.8 Å². The van der Waals surface area contributed by atoms with Crippen molar-refractivity contribution in [2.75, 3.05) is 13.2 Å². The van der Waals surface area contributed by atoms with E-state index in [2.05, 4.69) is 43.5 Å². The highest BCUT2D eigenvalue weighted by atomic mass is 16.7. The first-order valence-electron chi connectivity index (χ1n) is 32.2. The molecule has 0 aromatic rings. The van der Waals surface area contributed by atoms with Crippen LogP contribution in [0.3, 0.4) is 0 Å². The SMILES string of the molecule is CCCCCCCCCCCCCCCC/C=C/CC/C=C/CCCC(O)C(O)C(COC1OC(CO)C(O)C(O)C1O)NC(=O)C(O)CCCCCCCCCCCCCCCCCCCCCCCCCCC. The molecule has 1 aliphatic rings. The van der Waals surface area contributed by atoms with Crippen LogP contribution in [0.5, 0.6) is 0 Å². The van der Waals surface area contributed by atoms with Crippen LogP contribution in [0.25, 0.3) is 0 Å². The zero-order valence-corrected chi connectivity index (χ0v) is 48.8. The molecule has 444 valence electrons. The highest BCUT2D eigenvalue weighted by molar-refractivity contribution is 5.80. The van der Waals surface area contributed by atoms with Crippen molar-refractivity contribution in [2.45, 2.75) is 364 Å². The van der Waals surface area contributed by atoms with Gasteiger partial charge >= 0.3 is 0 Å². The first kappa shape index (κ1) is 71.6. The van der Waals surface area contributed by atoms with Crippen molar-refractivity contribution in [1.82, 2.24) is 5.32 Å². The Morgan fingerprint density at radius 1 is 0.453 bits per heavy atom. The van der Waals surface area contributed by atoms with Crippen LogP contribution >= 0.6 is 0 Å². The molecule has 1 heterocycles. The maximum atomic E-state index is 13.2. The zero-order valence-electron chi connectivity index (χ0n) is 48.8. The Balaban J connectivity index is 2.27. The van der Waals surface area contributed by atoms with E-state index < -0.39 is 74.2 Å². The number of unbranched alkanes of at least 4 members (excludes halogenated alkanes) is 40. The van der Waals surface area contributed by atoms with Gasteiger partial charge in [0.15, 0.2) is 6.29 Å². The molecule has 0 aromatic carbocycles. The largest absolute Gasteiger partial charge is 0.394 e. The molecule has 0 spiro atoms. The minimum atomic E-state index is -1.67. The lowest BCUT2D eigenvalue weighted by molar-refractivity contribution is -0.303. The van der Waals surface area contributed by atoms with Crippen molar-refractivity contribution in [3.05, 3.63) is 24.3 Å². The maximum Gasteiger partial charge on any atom is 0.249 e. The molecule has 9 unspecified atom stereocenters. The molecule has 1 aliphatic heterocycles. The van der Waals surface area contributed by atoms with Crippen molar-refractivity contribution in [3.63, 3.8) is 0 Å². The van der Waals surface area contributed by atoms with Gasteiger partial charge in [0.1, 0.15) is 36.6 Å². The Bertz CT molecular complexity index is 1270. The normalized spacial score (nSPS) is 19.8. The summed E-state index contributed by atoms with van der Waals surface area (Å²) in [5.74, 6) is -0.704. The molecule has 0 saturated carbocycles. The minimum Gasteiger partial charge on any atom is -0.394 e. The summed E-state index contributed by atoms with van der Waals surface area (Å²) in [6.07, 6.45) is 53.9. The molecule has 0 aromatic heterocycles. The summed E-state index contributed by atoms with van der Waals surface area (Å²) in [7, 11) is 0. The van der Waals surface area contributed by atoms with Crippen LogP contribution in [0, 0.1) is 0 Å². The van der Waals surface area contributed by atoms with Crippen molar-refractivity contribution < 1.29 is 50.0 Å². The molecule has 11 nitrogen and oxygen atoms in total. The van der Waals surface area contributed by atoms with E-state index in [1.54, 1.807) is 0 Å². The Hall–Kier alpha value is -1.41. The zero-order chi connectivity index (χ0) is 54.7. The Morgan fingerprint density at radius 2 is 0.800 bits per heavy atom. The van der Waals surface area contributed by atoms with Gasteiger partial charge in [-0.1, -0.05) is 282 Å². The number of allylic oxidation sites excluding steroid dienone is 4. The van der Waals surface area contributed by atoms with Gasteiger partial charge in [0.25, 0.3) is 0 Å². The number of ether oxygens (including phenoxy) is 2. The fraction of sp³-hybridized carbons (Fsp3) is 0.922. The fourth-order valence-electron chi connectivity index (χ4n) is 10.5. The van der Waals surface area contributed by atoms with Crippen LogP contribution in [0.15, 0.2) is 24.3 Å². The summed E-state index contributed by atoms with van der Waals surface area (Å²) in [6, 6.07) is -1.19. The van der Waals surface area contributed by atoms with Crippen molar-refractivity contribution in [1.29, 1.82) is 0 Å². The second-order valence-corrected chi connectivity index (χ2v) is 22.8. The number of nitrogens with one attached hydrogen (secondary N) is 1. The van der Waals surface area contributed by atoms with E-state index >= 15 is 0 Å². The summed E-state index contributed by atoms with van der Waals surface area (Å²) in [5.41, 5.74) is 0. The highest BCUT2D eigenvalue weighted by Gasteiger charge is 2.44. The molecular weight excluding hydrogens is 943 g/mol. The molecule has 0 bridgehead atoms. The molecular formula is C64H123NO10. The van der Waals surface area contributed by atoms with Crippen molar-refractivity contribution >= 4 is 5.91 Å². The van der Waals surface area contributed by atoms with Crippen LogP contribution in [-0.4, -0.2) is 110 Å². The molecule has 9 atom stereocenters. The smallest absolute Gasteiger partial charge is 0.249 e. The van der Waals surface area contributed by atoms with E-state index in [0.717, 1.165) is 38.5 Å². The van der Waals surface area contributed by atoms with E-state index in [0.29, 0.717) is 19.3 Å². The number of hydrogen-bond donors (Lipinski definition) is 8. The fourth-order valence-corrected chi connectivity index (χ4v) is 10.5. The quantitative estimate of drug-likeness (QED) is 0.0215. The van der Waals surface area contributed by atoms with Gasteiger partial charge in [0.05, 0.1) is 25.4 Å². The summed E-state index contributed by atoms with van der Waals surface area (Å²) in [6.45, 7) is 3.48. The lowest BCUT2D eigenvalue weighted by atomic mass is 9.98. The number of carbonyl (C=O) groups excluding carboxylic acids is 1. The summed E-state index contributed by atoms with van der Waals surface area (Å²) in [5, 5.41) is 76.3. The van der Waals surface area contributed by atoms with E-state index in [9.17, 15) is 40.5 Å². The van der Waals surface area contributed by atoms with Crippen LogP contribution in [0.2, 0.25) is 0 Å². The van der Waals surface area contributed by atoms with Gasteiger partial charge in [0, 0.05) is 0 Å². The lowest BCUT2D eigenvalue weighted by Crippen LogP contribution is -2.60. The number of amides is 1. The number of carbonyl (C=O) groups is 1. The molecule has 1 saturated heterocycles. The van der Waals surface area contributed by atoms with Gasteiger partial charge in [-0.2, -0.15) is 0 Å². The summed E-state index contributed by atoms with van der Waals surface area (Å²) < 4.78 is 11.2.